The van der Waals surface area contributed by atoms with Gasteiger partial charge in [-0.15, -0.1) is 0 Å². The van der Waals surface area contributed by atoms with Crippen LogP contribution in [0, 0.1) is 0 Å². The van der Waals surface area contributed by atoms with Gasteiger partial charge in [0.2, 0.25) is 0 Å². The standard InChI is InChI=1S/C9H20Br2Si/c1-12(2,3)9(11)7-5-4-6-8-10/h9H,4-8H2,1-3H3. The summed E-state index contributed by atoms with van der Waals surface area (Å²) in [7, 11) is -0.916. The lowest BCUT2D eigenvalue weighted by Gasteiger charge is -2.23. The minimum absolute atomic E-state index is 0.806. The largest absolute Gasteiger partial charge is 0.0928 e. The van der Waals surface area contributed by atoms with E-state index < -0.39 is 8.07 Å². The van der Waals surface area contributed by atoms with Crippen LogP contribution in [0.25, 0.3) is 0 Å². The molecule has 0 aromatic rings. The van der Waals surface area contributed by atoms with Crippen molar-refractivity contribution in [2.75, 3.05) is 5.33 Å². The highest BCUT2D eigenvalue weighted by atomic mass is 79.9. The summed E-state index contributed by atoms with van der Waals surface area (Å²) in [5, 5.41) is 1.16. The van der Waals surface area contributed by atoms with Gasteiger partial charge in [-0.25, -0.2) is 0 Å². The van der Waals surface area contributed by atoms with Crippen LogP contribution >= 0.6 is 31.9 Å². The molecule has 74 valence electrons. The molecule has 0 aromatic carbocycles. The van der Waals surface area contributed by atoms with Gasteiger partial charge < -0.3 is 0 Å². The highest BCUT2D eigenvalue weighted by Crippen LogP contribution is 2.22. The Bertz CT molecular complexity index is 110. The number of rotatable bonds is 6. The number of hydrogen-bond acceptors (Lipinski definition) is 0. The van der Waals surface area contributed by atoms with Crippen LogP contribution in [-0.2, 0) is 0 Å². The molecule has 0 radical (unpaired) electrons. The zero-order valence-corrected chi connectivity index (χ0v) is 12.5. The summed E-state index contributed by atoms with van der Waals surface area (Å²) in [5.41, 5.74) is 0. The maximum absolute atomic E-state index is 3.80. The summed E-state index contributed by atoms with van der Waals surface area (Å²) in [5.74, 6) is 0. The number of unbranched alkanes of at least 4 members (excludes halogenated alkanes) is 2. The van der Waals surface area contributed by atoms with Gasteiger partial charge in [0, 0.05) is 9.78 Å². The third-order valence-electron chi connectivity index (χ3n) is 2.03. The van der Waals surface area contributed by atoms with Gasteiger partial charge in [0.1, 0.15) is 0 Å². The van der Waals surface area contributed by atoms with Gasteiger partial charge in [-0.1, -0.05) is 64.3 Å². The fourth-order valence-electron chi connectivity index (χ4n) is 1.03. The maximum Gasteiger partial charge on any atom is 0.0595 e. The Morgan fingerprint density at radius 1 is 1.08 bits per heavy atom. The molecule has 0 aliphatic carbocycles. The fourth-order valence-corrected chi connectivity index (χ4v) is 2.82. The lowest BCUT2D eigenvalue weighted by molar-refractivity contribution is 0.697. The Balaban J connectivity index is 3.38. The van der Waals surface area contributed by atoms with E-state index in [0.29, 0.717) is 0 Å². The first-order valence-corrected chi connectivity index (χ1v) is 10.3. The van der Waals surface area contributed by atoms with E-state index in [-0.39, 0.29) is 0 Å². The molecule has 12 heavy (non-hydrogen) atoms. The molecule has 0 heterocycles. The summed E-state index contributed by atoms with van der Waals surface area (Å²) in [6.45, 7) is 7.28. The molecular formula is C9H20Br2Si. The van der Waals surface area contributed by atoms with Crippen molar-refractivity contribution in [3.63, 3.8) is 0 Å². The summed E-state index contributed by atoms with van der Waals surface area (Å²) in [6.07, 6.45) is 5.44. The Morgan fingerprint density at radius 2 is 1.67 bits per heavy atom. The SMILES string of the molecule is C[Si](C)(C)C(Br)CCCCCBr. The van der Waals surface area contributed by atoms with E-state index in [4.69, 9.17) is 0 Å². The first-order valence-electron chi connectivity index (χ1n) is 4.68. The van der Waals surface area contributed by atoms with Gasteiger partial charge in [0.05, 0.1) is 8.07 Å². The Labute approximate surface area is 94.8 Å². The predicted octanol–water partition coefficient (Wildman–Crippen LogP) is 4.58. The minimum atomic E-state index is -0.916. The lowest BCUT2D eigenvalue weighted by Crippen LogP contribution is -2.33. The van der Waals surface area contributed by atoms with Crippen molar-refractivity contribution in [1.29, 1.82) is 0 Å². The average Bonchev–Trinajstić information content (AvgIpc) is 1.96. The van der Waals surface area contributed by atoms with Gasteiger partial charge in [-0.2, -0.15) is 0 Å². The molecule has 0 nitrogen and oxygen atoms in total. The Kier molecular flexibility index (Phi) is 7.25. The van der Waals surface area contributed by atoms with Crippen molar-refractivity contribution in [2.45, 2.75) is 49.8 Å². The molecule has 0 aliphatic heterocycles. The van der Waals surface area contributed by atoms with Crippen LogP contribution in [0.5, 0.6) is 0 Å². The highest BCUT2D eigenvalue weighted by molar-refractivity contribution is 9.10. The Hall–Kier alpha value is 1.18. The molecule has 0 saturated carbocycles. The van der Waals surface area contributed by atoms with E-state index >= 15 is 0 Å². The third kappa shape index (κ3) is 6.67. The molecule has 0 saturated heterocycles. The van der Waals surface area contributed by atoms with Gasteiger partial charge in [0.25, 0.3) is 0 Å². The second-order valence-corrected chi connectivity index (χ2v) is 12.5. The summed E-state index contributed by atoms with van der Waals surface area (Å²) < 4.78 is 0.806. The van der Waals surface area contributed by atoms with Crippen LogP contribution in [0.2, 0.25) is 19.6 Å². The quantitative estimate of drug-likeness (QED) is 0.382. The van der Waals surface area contributed by atoms with Crippen molar-refractivity contribution >= 4 is 39.9 Å². The van der Waals surface area contributed by atoms with E-state index in [2.05, 4.69) is 51.5 Å². The smallest absolute Gasteiger partial charge is 0.0595 e. The molecule has 0 fully saturated rings. The van der Waals surface area contributed by atoms with Gasteiger partial charge in [-0.05, 0) is 12.8 Å². The number of hydrogen-bond donors (Lipinski definition) is 0. The van der Waals surface area contributed by atoms with Gasteiger partial charge in [0.15, 0.2) is 0 Å². The molecule has 3 heteroatoms. The van der Waals surface area contributed by atoms with Crippen LogP contribution < -0.4 is 0 Å². The second-order valence-electron chi connectivity index (χ2n) is 4.37. The monoisotopic (exact) mass is 314 g/mol. The molecule has 0 bridgehead atoms. The van der Waals surface area contributed by atoms with Crippen molar-refractivity contribution < 1.29 is 0 Å². The zero-order valence-electron chi connectivity index (χ0n) is 8.37. The number of halogens is 2. The molecule has 0 rings (SSSR count). The molecule has 0 N–H and O–H groups in total. The topological polar surface area (TPSA) is 0 Å². The van der Waals surface area contributed by atoms with Crippen LogP contribution in [-0.4, -0.2) is 17.9 Å². The van der Waals surface area contributed by atoms with E-state index in [1.807, 2.05) is 0 Å². The summed E-state index contributed by atoms with van der Waals surface area (Å²) >= 11 is 7.25. The minimum Gasteiger partial charge on any atom is -0.0928 e. The molecule has 1 atom stereocenters. The van der Waals surface area contributed by atoms with E-state index in [1.165, 1.54) is 25.7 Å². The van der Waals surface area contributed by atoms with Crippen LogP contribution in [0.15, 0.2) is 0 Å². The zero-order chi connectivity index (χ0) is 9.61. The van der Waals surface area contributed by atoms with E-state index in [0.717, 1.165) is 9.78 Å². The van der Waals surface area contributed by atoms with Gasteiger partial charge in [-0.3, -0.25) is 0 Å². The van der Waals surface area contributed by atoms with E-state index in [9.17, 15) is 0 Å². The van der Waals surface area contributed by atoms with Crippen LogP contribution in [0.4, 0.5) is 0 Å². The molecule has 0 spiro atoms. The van der Waals surface area contributed by atoms with Gasteiger partial charge >= 0.3 is 0 Å². The highest BCUT2D eigenvalue weighted by Gasteiger charge is 2.22. The summed E-state index contributed by atoms with van der Waals surface area (Å²) in [4.78, 5) is 0. The third-order valence-corrected chi connectivity index (χ3v) is 9.34. The lowest BCUT2D eigenvalue weighted by atomic mass is 10.2. The predicted molar refractivity (Wildman–Crippen MR) is 68.3 cm³/mol. The summed E-state index contributed by atoms with van der Waals surface area (Å²) in [6, 6.07) is 0. The molecular weight excluding hydrogens is 296 g/mol. The normalized spacial score (nSPS) is 14.8. The van der Waals surface area contributed by atoms with E-state index in [1.54, 1.807) is 0 Å². The number of alkyl halides is 2. The van der Waals surface area contributed by atoms with Crippen LogP contribution in [0.1, 0.15) is 25.7 Å². The van der Waals surface area contributed by atoms with Crippen molar-refractivity contribution in [3.8, 4) is 0 Å². The van der Waals surface area contributed by atoms with Crippen LogP contribution in [0.3, 0.4) is 0 Å². The molecule has 0 aliphatic rings. The fraction of sp³-hybridized carbons (Fsp3) is 1.00. The molecule has 0 amide bonds. The van der Waals surface area contributed by atoms with Crippen molar-refractivity contribution in [2.24, 2.45) is 0 Å². The second kappa shape index (κ2) is 6.60. The Morgan fingerprint density at radius 3 is 2.08 bits per heavy atom. The average molecular weight is 316 g/mol. The van der Waals surface area contributed by atoms with Crippen molar-refractivity contribution in [1.82, 2.24) is 0 Å². The van der Waals surface area contributed by atoms with Crippen molar-refractivity contribution in [3.05, 3.63) is 0 Å². The molecule has 1 unspecified atom stereocenters. The molecule has 0 aromatic heterocycles. The first kappa shape index (κ1) is 13.2. The first-order chi connectivity index (χ1) is 5.48. The maximum atomic E-state index is 3.80.